The minimum Gasteiger partial charge on any atom is -0.334 e. The lowest BCUT2D eigenvalue weighted by molar-refractivity contribution is 0.251. The summed E-state index contributed by atoms with van der Waals surface area (Å²) in [7, 11) is -3.23. The zero-order chi connectivity index (χ0) is 16.9. The summed E-state index contributed by atoms with van der Waals surface area (Å²) in [6.07, 6.45) is 0. The Hall–Kier alpha value is -2.05. The predicted octanol–water partition coefficient (Wildman–Crippen LogP) is 3.46. The van der Waals surface area contributed by atoms with Crippen molar-refractivity contribution < 1.29 is 13.2 Å². The van der Waals surface area contributed by atoms with Gasteiger partial charge in [0.1, 0.15) is 0 Å². The third-order valence-electron chi connectivity index (χ3n) is 3.22. The zero-order valence-electron chi connectivity index (χ0n) is 12.5. The third-order valence-corrected chi connectivity index (χ3v) is 5.22. The van der Waals surface area contributed by atoms with E-state index < -0.39 is 9.84 Å². The molecule has 0 saturated carbocycles. The number of hydrogen-bond acceptors (Lipinski definition) is 3. The lowest BCUT2D eigenvalue weighted by Gasteiger charge is -2.08. The first-order valence-corrected chi connectivity index (χ1v) is 9.06. The molecule has 2 N–H and O–H groups in total. The van der Waals surface area contributed by atoms with Crippen LogP contribution in [0.2, 0.25) is 5.02 Å². The van der Waals surface area contributed by atoms with Crippen LogP contribution in [-0.2, 0) is 16.4 Å². The van der Waals surface area contributed by atoms with E-state index in [1.54, 1.807) is 31.2 Å². The molecule has 2 amide bonds. The SMILES string of the molecule is CCS(=O)(=O)c1ccc(NC(=O)NCc2ccc(Cl)cc2)cc1. The van der Waals surface area contributed by atoms with E-state index in [9.17, 15) is 13.2 Å². The average molecular weight is 353 g/mol. The molecule has 0 heterocycles. The fourth-order valence-electron chi connectivity index (χ4n) is 1.87. The van der Waals surface area contributed by atoms with Crippen LogP contribution >= 0.6 is 11.6 Å². The molecule has 0 bridgehead atoms. The molecule has 0 aliphatic heterocycles. The third kappa shape index (κ3) is 4.97. The Kier molecular flexibility index (Phi) is 5.63. The van der Waals surface area contributed by atoms with E-state index in [2.05, 4.69) is 10.6 Å². The van der Waals surface area contributed by atoms with Gasteiger partial charge in [-0.2, -0.15) is 0 Å². The summed E-state index contributed by atoms with van der Waals surface area (Å²) in [4.78, 5) is 12.1. The number of benzene rings is 2. The van der Waals surface area contributed by atoms with Gasteiger partial charge in [-0.05, 0) is 42.0 Å². The number of nitrogens with one attached hydrogen (secondary N) is 2. The topological polar surface area (TPSA) is 75.3 Å². The molecule has 2 aromatic rings. The zero-order valence-corrected chi connectivity index (χ0v) is 14.1. The Labute approximate surface area is 140 Å². The first kappa shape index (κ1) is 17.3. The van der Waals surface area contributed by atoms with Crippen LogP contribution < -0.4 is 10.6 Å². The van der Waals surface area contributed by atoms with E-state index in [0.717, 1.165) is 5.56 Å². The summed E-state index contributed by atoms with van der Waals surface area (Å²) in [5, 5.41) is 6.00. The van der Waals surface area contributed by atoms with Crippen LogP contribution in [0.1, 0.15) is 12.5 Å². The highest BCUT2D eigenvalue weighted by Gasteiger charge is 2.11. The molecule has 2 rings (SSSR count). The summed E-state index contributed by atoms with van der Waals surface area (Å²) in [6.45, 7) is 1.96. The van der Waals surface area contributed by atoms with Crippen LogP contribution in [0.4, 0.5) is 10.5 Å². The Balaban J connectivity index is 1.91. The molecule has 7 heteroatoms. The first-order valence-electron chi connectivity index (χ1n) is 7.03. The minimum absolute atomic E-state index is 0.0430. The van der Waals surface area contributed by atoms with Gasteiger partial charge in [0.2, 0.25) is 0 Å². The molecule has 0 aromatic heterocycles. The number of anilines is 1. The molecule has 23 heavy (non-hydrogen) atoms. The van der Waals surface area contributed by atoms with Gasteiger partial charge >= 0.3 is 6.03 Å². The second kappa shape index (κ2) is 7.48. The summed E-state index contributed by atoms with van der Waals surface area (Å²) in [5.41, 5.74) is 1.45. The van der Waals surface area contributed by atoms with Crippen LogP contribution in [0.15, 0.2) is 53.4 Å². The van der Waals surface area contributed by atoms with Gasteiger partial charge in [0.15, 0.2) is 9.84 Å². The molecule has 2 aromatic carbocycles. The standard InChI is InChI=1S/C16H17ClN2O3S/c1-2-23(21,22)15-9-7-14(8-10-15)19-16(20)18-11-12-3-5-13(17)6-4-12/h3-10H,2,11H2,1H3,(H2,18,19,20). The predicted molar refractivity (Wildman–Crippen MR) is 91.5 cm³/mol. The fourth-order valence-corrected chi connectivity index (χ4v) is 2.88. The second-order valence-corrected chi connectivity index (χ2v) is 7.58. The molecular weight excluding hydrogens is 336 g/mol. The van der Waals surface area contributed by atoms with E-state index in [1.165, 1.54) is 12.1 Å². The second-order valence-electron chi connectivity index (χ2n) is 4.86. The van der Waals surface area contributed by atoms with Crippen molar-refractivity contribution in [2.45, 2.75) is 18.4 Å². The molecule has 0 fully saturated rings. The molecule has 0 radical (unpaired) electrons. The van der Waals surface area contributed by atoms with Gasteiger partial charge in [-0.1, -0.05) is 30.7 Å². The Bertz CT molecular complexity index is 772. The number of hydrogen-bond donors (Lipinski definition) is 2. The first-order chi connectivity index (χ1) is 10.9. The molecule has 0 atom stereocenters. The van der Waals surface area contributed by atoms with E-state index in [-0.39, 0.29) is 16.7 Å². The van der Waals surface area contributed by atoms with Crippen LogP contribution in [0.5, 0.6) is 0 Å². The van der Waals surface area contributed by atoms with E-state index >= 15 is 0 Å². The van der Waals surface area contributed by atoms with Crippen molar-refractivity contribution in [2.75, 3.05) is 11.1 Å². The van der Waals surface area contributed by atoms with Gasteiger partial charge in [-0.3, -0.25) is 0 Å². The highest BCUT2D eigenvalue weighted by Crippen LogP contribution is 2.15. The lowest BCUT2D eigenvalue weighted by atomic mass is 10.2. The maximum Gasteiger partial charge on any atom is 0.319 e. The summed E-state index contributed by atoms with van der Waals surface area (Å²) >= 11 is 5.79. The van der Waals surface area contributed by atoms with Crippen LogP contribution in [0.25, 0.3) is 0 Å². The van der Waals surface area contributed by atoms with Crippen LogP contribution in [0, 0.1) is 0 Å². The molecule has 0 aliphatic carbocycles. The summed E-state index contributed by atoms with van der Waals surface area (Å²) < 4.78 is 23.4. The minimum atomic E-state index is -3.23. The average Bonchev–Trinajstić information content (AvgIpc) is 2.55. The smallest absolute Gasteiger partial charge is 0.319 e. The molecular formula is C16H17ClN2O3S. The Morgan fingerprint density at radius 1 is 1.04 bits per heavy atom. The van der Waals surface area contributed by atoms with E-state index in [4.69, 9.17) is 11.6 Å². The molecule has 0 aliphatic rings. The Morgan fingerprint density at radius 2 is 1.65 bits per heavy atom. The quantitative estimate of drug-likeness (QED) is 0.865. The van der Waals surface area contributed by atoms with Crippen LogP contribution in [0.3, 0.4) is 0 Å². The molecule has 5 nitrogen and oxygen atoms in total. The number of carbonyl (C=O) groups is 1. The molecule has 0 saturated heterocycles. The van der Waals surface area contributed by atoms with E-state index in [0.29, 0.717) is 17.3 Å². The maximum absolute atomic E-state index is 11.8. The molecule has 0 spiro atoms. The number of amides is 2. The van der Waals surface area contributed by atoms with Crippen molar-refractivity contribution in [3.8, 4) is 0 Å². The normalized spacial score (nSPS) is 11.0. The van der Waals surface area contributed by atoms with Gasteiger partial charge in [0.05, 0.1) is 10.6 Å². The Morgan fingerprint density at radius 3 is 2.22 bits per heavy atom. The highest BCUT2D eigenvalue weighted by atomic mass is 35.5. The summed E-state index contributed by atoms with van der Waals surface area (Å²) in [6, 6.07) is 12.9. The van der Waals surface area contributed by atoms with Crippen molar-refractivity contribution in [3.63, 3.8) is 0 Å². The summed E-state index contributed by atoms with van der Waals surface area (Å²) in [5.74, 6) is 0.0430. The molecule has 0 unspecified atom stereocenters. The number of halogens is 1. The fraction of sp³-hybridized carbons (Fsp3) is 0.188. The van der Waals surface area contributed by atoms with Crippen molar-refractivity contribution >= 4 is 33.2 Å². The monoisotopic (exact) mass is 352 g/mol. The van der Waals surface area contributed by atoms with E-state index in [1.807, 2.05) is 12.1 Å². The van der Waals surface area contributed by atoms with Gasteiger partial charge in [-0.15, -0.1) is 0 Å². The number of sulfone groups is 1. The number of carbonyl (C=O) groups excluding carboxylic acids is 1. The number of urea groups is 1. The van der Waals surface area contributed by atoms with Gasteiger partial charge in [0.25, 0.3) is 0 Å². The highest BCUT2D eigenvalue weighted by molar-refractivity contribution is 7.91. The largest absolute Gasteiger partial charge is 0.334 e. The van der Waals surface area contributed by atoms with Crippen molar-refractivity contribution in [1.82, 2.24) is 5.32 Å². The van der Waals surface area contributed by atoms with Crippen molar-refractivity contribution in [1.29, 1.82) is 0 Å². The van der Waals surface area contributed by atoms with Crippen molar-refractivity contribution in [2.24, 2.45) is 0 Å². The van der Waals surface area contributed by atoms with Gasteiger partial charge in [0, 0.05) is 17.3 Å². The van der Waals surface area contributed by atoms with Crippen molar-refractivity contribution in [3.05, 3.63) is 59.1 Å². The van der Waals surface area contributed by atoms with Crippen LogP contribution in [-0.4, -0.2) is 20.2 Å². The van der Waals surface area contributed by atoms with Gasteiger partial charge < -0.3 is 10.6 Å². The maximum atomic E-state index is 11.8. The number of rotatable bonds is 5. The molecule has 122 valence electrons. The van der Waals surface area contributed by atoms with Gasteiger partial charge in [-0.25, -0.2) is 13.2 Å². The lowest BCUT2D eigenvalue weighted by Crippen LogP contribution is -2.28.